The van der Waals surface area contributed by atoms with Crippen LogP contribution in [0.2, 0.25) is 0 Å². The number of hydrogen-bond acceptors (Lipinski definition) is 7. The van der Waals surface area contributed by atoms with E-state index in [-0.39, 0.29) is 19.4 Å². The lowest BCUT2D eigenvalue weighted by atomic mass is 10.00. The first-order chi connectivity index (χ1) is 21.0. The number of nitrogens with zero attached hydrogens (tertiary/aromatic N) is 3. The van der Waals surface area contributed by atoms with Gasteiger partial charge in [-0.1, -0.05) is 91.0 Å². The van der Waals surface area contributed by atoms with Crippen LogP contribution in [0.1, 0.15) is 25.3 Å². The molecule has 3 N–H and O–H groups in total. The van der Waals surface area contributed by atoms with E-state index in [0.717, 1.165) is 39.5 Å². The minimum atomic E-state index is -1.03. The van der Waals surface area contributed by atoms with Crippen molar-refractivity contribution in [1.82, 2.24) is 14.8 Å². The highest BCUT2D eigenvalue weighted by molar-refractivity contribution is 5.84. The molecule has 0 spiro atoms. The van der Waals surface area contributed by atoms with E-state index in [4.69, 9.17) is 9.84 Å². The summed E-state index contributed by atoms with van der Waals surface area (Å²) in [6, 6.07) is 33.5. The molecule has 0 unspecified atom stereocenters. The number of esters is 1. The van der Waals surface area contributed by atoms with Gasteiger partial charge < -0.3 is 20.3 Å². The number of aliphatic hydroxyl groups is 2. The van der Waals surface area contributed by atoms with Crippen LogP contribution in [0.3, 0.4) is 0 Å². The van der Waals surface area contributed by atoms with Crippen LogP contribution in [0.15, 0.2) is 115 Å². The fourth-order valence-corrected chi connectivity index (χ4v) is 4.81. The van der Waals surface area contributed by atoms with Gasteiger partial charge in [-0.15, -0.1) is 0 Å². The van der Waals surface area contributed by atoms with Crippen LogP contribution in [-0.2, 0) is 9.53 Å². The Bertz CT molecular complexity index is 1650. The Labute approximate surface area is 250 Å². The molecule has 5 rings (SSSR count). The number of carbonyl (C=O) groups excluding carboxylic acids is 1. The van der Waals surface area contributed by atoms with Gasteiger partial charge in [0.2, 0.25) is 0 Å². The summed E-state index contributed by atoms with van der Waals surface area (Å²) in [5, 5.41) is 29.6. The van der Waals surface area contributed by atoms with Crippen molar-refractivity contribution >= 4 is 23.6 Å². The van der Waals surface area contributed by atoms with Crippen molar-refractivity contribution in [1.29, 1.82) is 0 Å². The molecule has 5 aromatic rings. The highest BCUT2D eigenvalue weighted by Crippen LogP contribution is 2.36. The second kappa shape index (κ2) is 14.2. The number of ether oxygens (including phenoxy) is 1. The van der Waals surface area contributed by atoms with Crippen LogP contribution in [-0.4, -0.2) is 49.8 Å². The first kappa shape index (κ1) is 29.4. The predicted molar refractivity (Wildman–Crippen MR) is 169 cm³/mol. The minimum absolute atomic E-state index is 0.0103. The molecule has 0 aliphatic heterocycles. The van der Waals surface area contributed by atoms with E-state index in [9.17, 15) is 15.0 Å². The smallest absolute Gasteiger partial charge is 0.308 e. The Kier molecular flexibility index (Phi) is 9.74. The van der Waals surface area contributed by atoms with Crippen molar-refractivity contribution in [3.63, 3.8) is 0 Å². The van der Waals surface area contributed by atoms with E-state index >= 15 is 0 Å². The van der Waals surface area contributed by atoms with E-state index in [1.54, 1.807) is 19.2 Å². The molecule has 8 heteroatoms. The number of hydrogen-bond donors (Lipinski definition) is 3. The maximum absolute atomic E-state index is 11.8. The van der Waals surface area contributed by atoms with Gasteiger partial charge in [0.25, 0.3) is 0 Å². The maximum Gasteiger partial charge on any atom is 0.308 e. The zero-order chi connectivity index (χ0) is 30.0. The summed E-state index contributed by atoms with van der Waals surface area (Å²) >= 11 is 0. The number of nitrogens with one attached hydrogen (secondary N) is 1. The minimum Gasteiger partial charge on any atom is -0.466 e. The van der Waals surface area contributed by atoms with Gasteiger partial charge in [0, 0.05) is 41.1 Å². The van der Waals surface area contributed by atoms with Crippen LogP contribution in [0, 0.1) is 0 Å². The van der Waals surface area contributed by atoms with Gasteiger partial charge in [-0.25, -0.2) is 9.67 Å². The Morgan fingerprint density at radius 3 is 2.26 bits per heavy atom. The molecule has 3 aromatic carbocycles. The van der Waals surface area contributed by atoms with E-state index < -0.39 is 18.2 Å². The lowest BCUT2D eigenvalue weighted by Crippen LogP contribution is -2.20. The summed E-state index contributed by atoms with van der Waals surface area (Å²) in [4.78, 5) is 16.3. The average Bonchev–Trinajstić information content (AvgIpc) is 3.41. The summed E-state index contributed by atoms with van der Waals surface area (Å²) in [5.41, 5.74) is 5.91. The van der Waals surface area contributed by atoms with E-state index in [2.05, 4.69) is 10.3 Å². The van der Waals surface area contributed by atoms with Gasteiger partial charge in [0.05, 0.1) is 36.6 Å². The predicted octanol–water partition coefficient (Wildman–Crippen LogP) is 6.42. The Hall–Kier alpha value is -5.05. The number of para-hydroxylation sites is 1. The van der Waals surface area contributed by atoms with Crippen molar-refractivity contribution in [2.24, 2.45) is 0 Å². The van der Waals surface area contributed by atoms with Crippen molar-refractivity contribution in [3.05, 3.63) is 121 Å². The van der Waals surface area contributed by atoms with Crippen molar-refractivity contribution < 1.29 is 19.7 Å². The molecular weight excluding hydrogens is 540 g/mol. The molecule has 0 amide bonds. The molecule has 2 aromatic heterocycles. The van der Waals surface area contributed by atoms with Gasteiger partial charge >= 0.3 is 5.97 Å². The first-order valence-corrected chi connectivity index (χ1v) is 14.2. The zero-order valence-corrected chi connectivity index (χ0v) is 23.9. The number of aliphatic hydroxyl groups excluding tert-OH is 2. The Balaban J connectivity index is 1.57. The second-order valence-electron chi connectivity index (χ2n) is 9.97. The second-order valence-corrected chi connectivity index (χ2v) is 9.97. The largest absolute Gasteiger partial charge is 0.466 e. The zero-order valence-electron chi connectivity index (χ0n) is 23.9. The molecule has 218 valence electrons. The highest BCUT2D eigenvalue weighted by atomic mass is 16.5. The molecule has 0 bridgehead atoms. The lowest BCUT2D eigenvalue weighted by molar-refractivity contribution is -0.145. The van der Waals surface area contributed by atoms with Crippen LogP contribution in [0.5, 0.6) is 0 Å². The number of aromatic nitrogens is 3. The van der Waals surface area contributed by atoms with E-state index in [1.165, 1.54) is 0 Å². The molecular formula is C35H34N4O4. The van der Waals surface area contributed by atoms with Gasteiger partial charge in [-0.05, 0) is 25.1 Å². The standard InChI is InChI=1S/C35H34N4O4/c1-2-43-33(42)24-30(41)23-29(40)18-19-31-34(25-12-6-3-7-13-25)38-39(35(31)26-14-8-4-9-15-26)28-20-21-36-32(22-28)37-27-16-10-5-11-17-27/h3-22,29-30,40-41H,2,23-24H2,1H3,(H,36,37)/t29-,30-/m1/s1. The molecule has 0 aliphatic carbocycles. The number of carbonyl (C=O) groups is 1. The molecule has 0 saturated carbocycles. The molecule has 0 fully saturated rings. The third-order valence-electron chi connectivity index (χ3n) is 6.76. The fourth-order valence-electron chi connectivity index (χ4n) is 4.81. The van der Waals surface area contributed by atoms with Crippen molar-refractivity contribution in [2.75, 3.05) is 11.9 Å². The molecule has 0 radical (unpaired) electrons. The topological polar surface area (TPSA) is 110 Å². The molecule has 0 aliphatic rings. The van der Waals surface area contributed by atoms with E-state index in [1.807, 2.05) is 114 Å². The summed E-state index contributed by atoms with van der Waals surface area (Å²) in [5.74, 6) is 0.172. The molecule has 0 saturated heterocycles. The third-order valence-corrected chi connectivity index (χ3v) is 6.76. The first-order valence-electron chi connectivity index (χ1n) is 14.2. The summed E-state index contributed by atoms with van der Waals surface area (Å²) in [6.07, 6.45) is 2.98. The normalized spacial score (nSPS) is 12.6. The molecule has 8 nitrogen and oxygen atoms in total. The summed E-state index contributed by atoms with van der Waals surface area (Å²) < 4.78 is 6.81. The SMILES string of the molecule is CCOC(=O)C[C@H](O)C[C@H](O)C=Cc1c(-c2ccccc2)nn(-c2ccnc(Nc3ccccc3)c2)c1-c1ccccc1. The number of rotatable bonds is 12. The van der Waals surface area contributed by atoms with Gasteiger partial charge in [-0.2, -0.15) is 5.10 Å². The van der Waals surface area contributed by atoms with Crippen molar-refractivity contribution in [2.45, 2.75) is 32.0 Å². The summed E-state index contributed by atoms with van der Waals surface area (Å²) in [6.45, 7) is 1.95. The average molecular weight is 575 g/mol. The quantitative estimate of drug-likeness (QED) is 0.148. The van der Waals surface area contributed by atoms with Gasteiger partial charge in [0.1, 0.15) is 11.5 Å². The Morgan fingerprint density at radius 2 is 1.58 bits per heavy atom. The molecule has 2 heterocycles. The van der Waals surface area contributed by atoms with Crippen LogP contribution in [0.4, 0.5) is 11.5 Å². The third kappa shape index (κ3) is 7.62. The number of benzene rings is 3. The maximum atomic E-state index is 11.8. The van der Waals surface area contributed by atoms with Crippen molar-refractivity contribution in [3.8, 4) is 28.2 Å². The number of anilines is 2. The Morgan fingerprint density at radius 1 is 0.930 bits per heavy atom. The molecule has 2 atom stereocenters. The monoisotopic (exact) mass is 574 g/mol. The van der Waals surface area contributed by atoms with Crippen LogP contribution >= 0.6 is 0 Å². The summed E-state index contributed by atoms with van der Waals surface area (Å²) in [7, 11) is 0. The molecule has 43 heavy (non-hydrogen) atoms. The van der Waals surface area contributed by atoms with Crippen LogP contribution in [0.25, 0.3) is 34.3 Å². The highest BCUT2D eigenvalue weighted by Gasteiger charge is 2.21. The van der Waals surface area contributed by atoms with Crippen LogP contribution < -0.4 is 5.32 Å². The fraction of sp³-hybridized carbons (Fsp3) is 0.171. The van der Waals surface area contributed by atoms with Gasteiger partial charge in [-0.3, -0.25) is 4.79 Å². The number of pyridine rings is 1. The van der Waals surface area contributed by atoms with E-state index in [0.29, 0.717) is 5.82 Å². The van der Waals surface area contributed by atoms with Gasteiger partial charge in [0.15, 0.2) is 0 Å². The lowest BCUT2D eigenvalue weighted by Gasteiger charge is -2.13.